The quantitative estimate of drug-likeness (QED) is 0.860. The van der Waals surface area contributed by atoms with Crippen molar-refractivity contribution in [1.82, 2.24) is 10.3 Å². The van der Waals surface area contributed by atoms with Crippen LogP contribution in [0.3, 0.4) is 0 Å². The van der Waals surface area contributed by atoms with E-state index in [9.17, 15) is 4.79 Å². The number of amides is 1. The highest BCUT2D eigenvalue weighted by molar-refractivity contribution is 5.76. The second kappa shape index (κ2) is 7.11. The fraction of sp³-hybridized carbons (Fsp3) is 0.571. The highest BCUT2D eigenvalue weighted by Crippen LogP contribution is 2.17. The molecule has 0 radical (unpaired) electrons. The lowest BCUT2D eigenvalue weighted by Gasteiger charge is -2.21. The minimum absolute atomic E-state index is 0.158. The zero-order valence-corrected chi connectivity index (χ0v) is 10.6. The van der Waals surface area contributed by atoms with Crippen LogP contribution in [0.5, 0.6) is 0 Å². The van der Waals surface area contributed by atoms with Gasteiger partial charge in [0.1, 0.15) is 0 Å². The van der Waals surface area contributed by atoms with Gasteiger partial charge in [0.2, 0.25) is 5.91 Å². The van der Waals surface area contributed by atoms with Gasteiger partial charge >= 0.3 is 0 Å². The molecule has 1 aliphatic heterocycles. The van der Waals surface area contributed by atoms with E-state index in [1.165, 1.54) is 0 Å². The Balaban J connectivity index is 1.62. The summed E-state index contributed by atoms with van der Waals surface area (Å²) in [4.78, 5) is 15.8. The predicted molar refractivity (Wildman–Crippen MR) is 69.1 cm³/mol. The fourth-order valence-electron chi connectivity index (χ4n) is 2.18. The molecule has 2 rings (SSSR count). The number of ether oxygens (including phenoxy) is 1. The number of hydrogen-bond acceptors (Lipinski definition) is 3. The Morgan fingerprint density at radius 1 is 1.44 bits per heavy atom. The van der Waals surface area contributed by atoms with Gasteiger partial charge in [0.15, 0.2) is 0 Å². The van der Waals surface area contributed by atoms with E-state index in [1.807, 2.05) is 18.3 Å². The number of carbonyl (C=O) groups excluding carboxylic acids is 1. The number of rotatable bonds is 5. The summed E-state index contributed by atoms with van der Waals surface area (Å²) in [5, 5.41) is 2.97. The number of aromatic nitrogens is 1. The lowest BCUT2D eigenvalue weighted by molar-refractivity contribution is -0.122. The van der Waals surface area contributed by atoms with Crippen molar-refractivity contribution >= 4 is 5.91 Å². The van der Waals surface area contributed by atoms with Crippen molar-refractivity contribution in [3.63, 3.8) is 0 Å². The molecule has 1 aromatic heterocycles. The molecule has 0 spiro atoms. The first-order chi connectivity index (χ1) is 8.84. The largest absolute Gasteiger partial charge is 0.381 e. The van der Waals surface area contributed by atoms with Gasteiger partial charge in [-0.1, -0.05) is 6.07 Å². The van der Waals surface area contributed by atoms with Crippen molar-refractivity contribution < 1.29 is 9.53 Å². The van der Waals surface area contributed by atoms with E-state index < -0.39 is 0 Å². The number of hydrogen-bond donors (Lipinski definition) is 1. The molecule has 4 nitrogen and oxygen atoms in total. The van der Waals surface area contributed by atoms with Gasteiger partial charge in [-0.2, -0.15) is 0 Å². The highest BCUT2D eigenvalue weighted by atomic mass is 16.5. The Bertz CT molecular complexity index is 361. The number of nitrogens with one attached hydrogen (secondary N) is 1. The molecule has 0 aliphatic carbocycles. The third-order valence-electron chi connectivity index (χ3n) is 3.27. The Morgan fingerprint density at radius 2 is 2.28 bits per heavy atom. The van der Waals surface area contributed by atoms with Gasteiger partial charge in [0.25, 0.3) is 0 Å². The molecule has 18 heavy (non-hydrogen) atoms. The molecule has 1 amide bonds. The van der Waals surface area contributed by atoms with Crippen LogP contribution >= 0.6 is 0 Å². The first kappa shape index (κ1) is 13.0. The first-order valence-corrected chi connectivity index (χ1v) is 6.58. The standard InChI is InChI=1S/C14H20N2O2/c17-14(10-12-4-8-18-9-5-12)16-7-3-13-2-1-6-15-11-13/h1-2,6,11-12H,3-5,7-10H2,(H,16,17). The molecule has 98 valence electrons. The summed E-state index contributed by atoms with van der Waals surface area (Å²) < 4.78 is 5.28. The number of nitrogens with zero attached hydrogens (tertiary/aromatic N) is 1. The van der Waals surface area contributed by atoms with Crippen LogP contribution in [0.4, 0.5) is 0 Å². The van der Waals surface area contributed by atoms with Crippen molar-refractivity contribution in [1.29, 1.82) is 0 Å². The van der Waals surface area contributed by atoms with Crippen LogP contribution < -0.4 is 5.32 Å². The summed E-state index contributed by atoms with van der Waals surface area (Å²) in [5.74, 6) is 0.655. The maximum absolute atomic E-state index is 11.7. The van der Waals surface area contributed by atoms with Gasteiger partial charge in [0, 0.05) is 38.6 Å². The Morgan fingerprint density at radius 3 is 3.00 bits per heavy atom. The van der Waals surface area contributed by atoms with E-state index in [-0.39, 0.29) is 5.91 Å². The van der Waals surface area contributed by atoms with Crippen molar-refractivity contribution in [3.05, 3.63) is 30.1 Å². The monoisotopic (exact) mass is 248 g/mol. The third-order valence-corrected chi connectivity index (χ3v) is 3.27. The van der Waals surface area contributed by atoms with E-state index in [0.717, 1.165) is 38.0 Å². The van der Waals surface area contributed by atoms with Gasteiger partial charge < -0.3 is 10.1 Å². The zero-order chi connectivity index (χ0) is 12.6. The lowest BCUT2D eigenvalue weighted by Crippen LogP contribution is -2.29. The Kier molecular flexibility index (Phi) is 5.15. The third kappa shape index (κ3) is 4.45. The summed E-state index contributed by atoms with van der Waals surface area (Å²) >= 11 is 0. The molecule has 0 aromatic carbocycles. The number of pyridine rings is 1. The summed E-state index contributed by atoms with van der Waals surface area (Å²) in [7, 11) is 0. The van der Waals surface area contributed by atoms with E-state index in [2.05, 4.69) is 10.3 Å². The Labute approximate surface area is 108 Å². The molecule has 1 aromatic rings. The minimum Gasteiger partial charge on any atom is -0.381 e. The van der Waals surface area contributed by atoms with Crippen molar-refractivity contribution in [2.75, 3.05) is 19.8 Å². The molecule has 0 saturated carbocycles. The SMILES string of the molecule is O=C(CC1CCOCC1)NCCc1cccnc1. The highest BCUT2D eigenvalue weighted by Gasteiger charge is 2.16. The van der Waals surface area contributed by atoms with Crippen LogP contribution in [0.1, 0.15) is 24.8 Å². The van der Waals surface area contributed by atoms with Crippen LogP contribution in [0.2, 0.25) is 0 Å². The van der Waals surface area contributed by atoms with Gasteiger partial charge in [-0.25, -0.2) is 0 Å². The van der Waals surface area contributed by atoms with Crippen molar-refractivity contribution in [3.8, 4) is 0 Å². The van der Waals surface area contributed by atoms with Crippen molar-refractivity contribution in [2.45, 2.75) is 25.7 Å². The van der Waals surface area contributed by atoms with Crippen LogP contribution in [0, 0.1) is 5.92 Å². The molecule has 0 bridgehead atoms. The predicted octanol–water partition coefficient (Wildman–Crippen LogP) is 1.56. The second-order valence-corrected chi connectivity index (χ2v) is 4.72. The van der Waals surface area contributed by atoms with E-state index >= 15 is 0 Å². The van der Waals surface area contributed by atoms with Crippen LogP contribution in [-0.2, 0) is 16.0 Å². The van der Waals surface area contributed by atoms with Gasteiger partial charge in [-0.3, -0.25) is 9.78 Å². The normalized spacial score (nSPS) is 16.4. The fourth-order valence-corrected chi connectivity index (χ4v) is 2.18. The minimum atomic E-state index is 0.158. The molecular weight excluding hydrogens is 228 g/mol. The second-order valence-electron chi connectivity index (χ2n) is 4.72. The average molecular weight is 248 g/mol. The van der Waals surface area contributed by atoms with Gasteiger partial charge in [0.05, 0.1) is 0 Å². The molecule has 1 saturated heterocycles. The zero-order valence-electron chi connectivity index (χ0n) is 10.6. The molecule has 1 N–H and O–H groups in total. The van der Waals surface area contributed by atoms with Crippen LogP contribution in [0.15, 0.2) is 24.5 Å². The summed E-state index contributed by atoms with van der Waals surface area (Å²) in [6.45, 7) is 2.29. The first-order valence-electron chi connectivity index (χ1n) is 6.58. The maximum atomic E-state index is 11.7. The molecule has 4 heteroatoms. The molecule has 2 heterocycles. The van der Waals surface area contributed by atoms with Crippen LogP contribution in [-0.4, -0.2) is 30.6 Å². The summed E-state index contributed by atoms with van der Waals surface area (Å²) in [6, 6.07) is 3.94. The molecule has 1 aliphatic rings. The number of carbonyl (C=O) groups is 1. The smallest absolute Gasteiger partial charge is 0.220 e. The molecular formula is C14H20N2O2. The lowest BCUT2D eigenvalue weighted by atomic mass is 9.96. The molecule has 0 unspecified atom stereocenters. The van der Waals surface area contributed by atoms with Gasteiger partial charge in [-0.15, -0.1) is 0 Å². The molecule has 1 fully saturated rings. The van der Waals surface area contributed by atoms with Crippen molar-refractivity contribution in [2.24, 2.45) is 5.92 Å². The topological polar surface area (TPSA) is 51.2 Å². The van der Waals surface area contributed by atoms with Gasteiger partial charge in [-0.05, 0) is 36.8 Å². The summed E-state index contributed by atoms with van der Waals surface area (Å²) in [5.41, 5.74) is 1.16. The summed E-state index contributed by atoms with van der Waals surface area (Å²) in [6.07, 6.45) is 7.09. The average Bonchev–Trinajstić information content (AvgIpc) is 2.41. The van der Waals surface area contributed by atoms with Crippen LogP contribution in [0.25, 0.3) is 0 Å². The maximum Gasteiger partial charge on any atom is 0.220 e. The van der Waals surface area contributed by atoms with E-state index in [4.69, 9.17) is 4.74 Å². The van der Waals surface area contributed by atoms with E-state index in [0.29, 0.717) is 18.9 Å². The Hall–Kier alpha value is -1.42. The van der Waals surface area contributed by atoms with E-state index in [1.54, 1.807) is 6.20 Å². The molecule has 0 atom stereocenters.